The molecule has 0 aliphatic rings. The fourth-order valence-electron chi connectivity index (χ4n) is 2.01. The zero-order valence-corrected chi connectivity index (χ0v) is 13.1. The number of rotatable bonds is 9. The Hall–Kier alpha value is -1.84. The van der Waals surface area contributed by atoms with Gasteiger partial charge in [0.1, 0.15) is 5.75 Å². The molecule has 0 fully saturated rings. The lowest BCUT2D eigenvalue weighted by molar-refractivity contribution is -0.143. The zero-order chi connectivity index (χ0) is 15.7. The lowest BCUT2D eigenvalue weighted by atomic mass is 10.1. The number of ether oxygens (including phenoxy) is 2. The van der Waals surface area contributed by atoms with Crippen molar-refractivity contribution in [1.82, 2.24) is 0 Å². The molecule has 0 radical (unpaired) electrons. The predicted octanol–water partition coefficient (Wildman–Crippen LogP) is 3.70. The van der Waals surface area contributed by atoms with Crippen molar-refractivity contribution in [3.8, 4) is 5.75 Å². The lowest BCUT2D eigenvalue weighted by Crippen LogP contribution is -2.05. The molecule has 1 aromatic carbocycles. The van der Waals surface area contributed by atoms with Crippen molar-refractivity contribution in [2.75, 3.05) is 13.2 Å². The van der Waals surface area contributed by atoms with Crippen molar-refractivity contribution < 1.29 is 19.1 Å². The lowest BCUT2D eigenvalue weighted by Gasteiger charge is -2.10. The third-order valence-corrected chi connectivity index (χ3v) is 3.10. The summed E-state index contributed by atoms with van der Waals surface area (Å²) in [6.45, 7) is 6.28. The summed E-state index contributed by atoms with van der Waals surface area (Å²) in [5, 5.41) is 0. The minimum Gasteiger partial charge on any atom is -0.493 e. The van der Waals surface area contributed by atoms with E-state index < -0.39 is 0 Å². The van der Waals surface area contributed by atoms with E-state index in [2.05, 4.69) is 0 Å². The summed E-state index contributed by atoms with van der Waals surface area (Å²) in [4.78, 5) is 22.7. The van der Waals surface area contributed by atoms with Gasteiger partial charge in [-0.15, -0.1) is 0 Å². The minimum atomic E-state index is -0.143. The fraction of sp³-hybridized carbons (Fsp3) is 0.529. The molecule has 0 heterocycles. The van der Waals surface area contributed by atoms with Gasteiger partial charge >= 0.3 is 5.97 Å². The summed E-state index contributed by atoms with van der Waals surface area (Å²) >= 11 is 0. The van der Waals surface area contributed by atoms with Crippen LogP contribution in [0.3, 0.4) is 0 Å². The van der Waals surface area contributed by atoms with Gasteiger partial charge in [-0.25, -0.2) is 0 Å². The van der Waals surface area contributed by atoms with Crippen LogP contribution in [0.25, 0.3) is 0 Å². The van der Waals surface area contributed by atoms with Gasteiger partial charge in [0.15, 0.2) is 5.78 Å². The van der Waals surface area contributed by atoms with Crippen LogP contribution in [-0.2, 0) is 9.53 Å². The van der Waals surface area contributed by atoms with Gasteiger partial charge in [-0.2, -0.15) is 0 Å². The molecule has 0 amide bonds. The molecule has 0 spiro atoms. The van der Waals surface area contributed by atoms with E-state index in [-0.39, 0.29) is 11.8 Å². The summed E-state index contributed by atoms with van der Waals surface area (Å²) in [7, 11) is 0. The Balaban J connectivity index is 2.30. The minimum absolute atomic E-state index is 0.0102. The maximum atomic E-state index is 11.6. The van der Waals surface area contributed by atoms with Gasteiger partial charge in [0.05, 0.1) is 18.8 Å². The average molecular weight is 292 g/mol. The Morgan fingerprint density at radius 2 is 1.90 bits per heavy atom. The number of benzene rings is 1. The summed E-state index contributed by atoms with van der Waals surface area (Å²) < 4.78 is 10.5. The number of aryl methyl sites for hydroxylation is 1. The van der Waals surface area contributed by atoms with Crippen LogP contribution in [0.2, 0.25) is 0 Å². The normalized spacial score (nSPS) is 10.2. The molecule has 4 nitrogen and oxygen atoms in total. The summed E-state index contributed by atoms with van der Waals surface area (Å²) in [5.74, 6) is 0.505. The van der Waals surface area contributed by atoms with Crippen molar-refractivity contribution in [3.05, 3.63) is 29.3 Å². The van der Waals surface area contributed by atoms with Gasteiger partial charge < -0.3 is 9.47 Å². The number of hydrogen-bond donors (Lipinski definition) is 0. The molecule has 0 bridgehead atoms. The molecule has 0 unspecified atom stereocenters. The van der Waals surface area contributed by atoms with Crippen molar-refractivity contribution in [1.29, 1.82) is 0 Å². The number of unbranched alkanes of at least 4 members (excludes halogenated alkanes) is 2. The molecule has 0 N–H and O–H groups in total. The van der Waals surface area contributed by atoms with Crippen LogP contribution in [0.15, 0.2) is 18.2 Å². The van der Waals surface area contributed by atoms with E-state index in [1.807, 2.05) is 25.1 Å². The van der Waals surface area contributed by atoms with Crippen molar-refractivity contribution in [2.45, 2.75) is 46.5 Å². The highest BCUT2D eigenvalue weighted by Crippen LogP contribution is 2.21. The van der Waals surface area contributed by atoms with Crippen LogP contribution >= 0.6 is 0 Å². The van der Waals surface area contributed by atoms with Gasteiger partial charge in [0.25, 0.3) is 0 Å². The van der Waals surface area contributed by atoms with Crippen LogP contribution in [0, 0.1) is 6.92 Å². The molecule has 116 valence electrons. The standard InChI is InChI=1S/C17H24O4/c1-4-20-17(19)8-6-5-7-11-21-16-10-9-13(2)12-15(16)14(3)18/h9-10,12H,4-8,11H2,1-3H3. The first-order valence-corrected chi connectivity index (χ1v) is 7.44. The fourth-order valence-corrected chi connectivity index (χ4v) is 2.01. The first-order chi connectivity index (χ1) is 10.0. The average Bonchev–Trinajstić information content (AvgIpc) is 2.44. The number of esters is 1. The van der Waals surface area contributed by atoms with Gasteiger partial charge in [-0.3, -0.25) is 9.59 Å². The molecule has 4 heteroatoms. The second-order valence-corrected chi connectivity index (χ2v) is 5.02. The molecule has 0 aliphatic carbocycles. The van der Waals surface area contributed by atoms with Crippen molar-refractivity contribution in [2.24, 2.45) is 0 Å². The number of carbonyl (C=O) groups excluding carboxylic acids is 2. The molecular formula is C17H24O4. The van der Waals surface area contributed by atoms with Crippen LogP contribution in [-0.4, -0.2) is 25.0 Å². The van der Waals surface area contributed by atoms with Crippen molar-refractivity contribution in [3.63, 3.8) is 0 Å². The topological polar surface area (TPSA) is 52.6 Å². The molecule has 1 rings (SSSR count). The quantitative estimate of drug-likeness (QED) is 0.395. The van der Waals surface area contributed by atoms with Crippen LogP contribution in [0.5, 0.6) is 5.75 Å². The van der Waals surface area contributed by atoms with Crippen LogP contribution in [0.1, 0.15) is 55.5 Å². The third kappa shape index (κ3) is 6.43. The third-order valence-electron chi connectivity index (χ3n) is 3.10. The Kier molecular flexibility index (Phi) is 7.51. The van der Waals surface area contributed by atoms with E-state index in [1.165, 1.54) is 0 Å². The first kappa shape index (κ1) is 17.2. The highest BCUT2D eigenvalue weighted by atomic mass is 16.5. The Morgan fingerprint density at radius 1 is 1.14 bits per heavy atom. The van der Waals surface area contributed by atoms with E-state index in [4.69, 9.17) is 9.47 Å². The van der Waals surface area contributed by atoms with E-state index >= 15 is 0 Å². The van der Waals surface area contributed by atoms with Crippen molar-refractivity contribution >= 4 is 11.8 Å². The van der Waals surface area contributed by atoms with Gasteiger partial charge in [-0.1, -0.05) is 11.6 Å². The molecule has 0 atom stereocenters. The van der Waals surface area contributed by atoms with E-state index in [0.29, 0.717) is 30.9 Å². The first-order valence-electron chi connectivity index (χ1n) is 7.44. The summed E-state index contributed by atoms with van der Waals surface area (Å²) in [5.41, 5.74) is 1.67. The smallest absolute Gasteiger partial charge is 0.305 e. The van der Waals surface area contributed by atoms with Gasteiger partial charge in [0.2, 0.25) is 0 Å². The van der Waals surface area contributed by atoms with E-state index in [9.17, 15) is 9.59 Å². The number of Topliss-reactive ketones (excluding diaryl/α,β-unsaturated/α-hetero) is 1. The number of carbonyl (C=O) groups is 2. The van der Waals surface area contributed by atoms with Gasteiger partial charge in [-0.05, 0) is 52.2 Å². The van der Waals surface area contributed by atoms with Crippen LogP contribution < -0.4 is 4.74 Å². The number of ketones is 1. The maximum Gasteiger partial charge on any atom is 0.305 e. The van der Waals surface area contributed by atoms with E-state index in [0.717, 1.165) is 24.8 Å². The molecule has 0 aliphatic heterocycles. The molecule has 1 aromatic rings. The Labute approximate surface area is 126 Å². The summed E-state index contributed by atoms with van der Waals surface area (Å²) in [6, 6.07) is 5.62. The van der Waals surface area contributed by atoms with E-state index in [1.54, 1.807) is 13.8 Å². The largest absolute Gasteiger partial charge is 0.493 e. The predicted molar refractivity (Wildman–Crippen MR) is 81.8 cm³/mol. The Bertz CT molecular complexity index is 480. The zero-order valence-electron chi connectivity index (χ0n) is 13.1. The Morgan fingerprint density at radius 3 is 2.57 bits per heavy atom. The SMILES string of the molecule is CCOC(=O)CCCCCOc1ccc(C)cc1C(C)=O. The highest BCUT2D eigenvalue weighted by Gasteiger charge is 2.08. The highest BCUT2D eigenvalue weighted by molar-refractivity contribution is 5.97. The second-order valence-electron chi connectivity index (χ2n) is 5.02. The molecular weight excluding hydrogens is 268 g/mol. The number of hydrogen-bond acceptors (Lipinski definition) is 4. The summed E-state index contributed by atoms with van der Waals surface area (Å²) in [6.07, 6.45) is 3.01. The monoisotopic (exact) mass is 292 g/mol. The van der Waals surface area contributed by atoms with Gasteiger partial charge in [0, 0.05) is 6.42 Å². The molecule has 21 heavy (non-hydrogen) atoms. The van der Waals surface area contributed by atoms with Crippen LogP contribution in [0.4, 0.5) is 0 Å². The molecule has 0 aromatic heterocycles. The molecule has 0 saturated carbocycles. The second kappa shape index (κ2) is 9.16. The molecule has 0 saturated heterocycles. The maximum absolute atomic E-state index is 11.6.